The lowest BCUT2D eigenvalue weighted by atomic mass is 10.1. The van der Waals surface area contributed by atoms with Gasteiger partial charge in [-0.2, -0.15) is 9.97 Å². The lowest BCUT2D eigenvalue weighted by Crippen LogP contribution is -2.09. The maximum atomic E-state index is 13.8. The topological polar surface area (TPSA) is 70.3 Å². The zero-order valence-corrected chi connectivity index (χ0v) is 13.8. The first-order valence-electron chi connectivity index (χ1n) is 6.25. The summed E-state index contributed by atoms with van der Waals surface area (Å²) in [4.78, 5) is 8.58. The molecule has 2 aromatic rings. The second kappa shape index (κ2) is 7.02. The van der Waals surface area contributed by atoms with Crippen molar-refractivity contribution in [1.82, 2.24) is 9.97 Å². The first kappa shape index (κ1) is 16.6. The highest BCUT2D eigenvalue weighted by molar-refractivity contribution is 7.99. The molecule has 0 radical (unpaired) electrons. The maximum absolute atomic E-state index is 13.8. The summed E-state index contributed by atoms with van der Waals surface area (Å²) in [5, 5.41) is -0.101. The molecule has 0 fully saturated rings. The Morgan fingerprint density at radius 1 is 1.23 bits per heavy atom. The predicted molar refractivity (Wildman–Crippen MR) is 86.3 cm³/mol. The normalized spacial score (nSPS) is 12.0. The molecule has 2 N–H and O–H groups in total. The number of halogens is 2. The molecule has 0 saturated carbocycles. The molecule has 1 unspecified atom stereocenters. The molecule has 8 heteroatoms. The van der Waals surface area contributed by atoms with E-state index in [0.29, 0.717) is 28.2 Å². The Morgan fingerprint density at radius 3 is 2.32 bits per heavy atom. The number of hydrogen-bond acceptors (Lipinski definition) is 6. The number of anilines is 1. The first-order valence-corrected chi connectivity index (χ1v) is 7.91. The molecule has 1 aromatic heterocycles. The smallest absolute Gasteiger partial charge is 0.220 e. The Kier molecular flexibility index (Phi) is 5.31. The Balaban J connectivity index is 2.60. The third-order valence-electron chi connectivity index (χ3n) is 3.03. The van der Waals surface area contributed by atoms with Crippen molar-refractivity contribution in [2.75, 3.05) is 26.2 Å². The highest BCUT2D eigenvalue weighted by atomic mass is 35.5. The van der Waals surface area contributed by atoms with Gasteiger partial charge in [0.1, 0.15) is 5.82 Å². The van der Waals surface area contributed by atoms with Crippen molar-refractivity contribution in [3.8, 4) is 11.8 Å². The average molecular weight is 344 g/mol. The molecular formula is C14H15ClFN3O2S. The van der Waals surface area contributed by atoms with Crippen molar-refractivity contribution < 1.29 is 13.9 Å². The monoisotopic (exact) mass is 343 g/mol. The Morgan fingerprint density at radius 2 is 1.82 bits per heavy atom. The predicted octanol–water partition coefficient (Wildman–Crippen LogP) is 3.32. The molecule has 0 bridgehead atoms. The van der Waals surface area contributed by atoms with Gasteiger partial charge in [0.15, 0.2) is 5.82 Å². The van der Waals surface area contributed by atoms with E-state index in [1.54, 1.807) is 6.07 Å². The Labute approximate surface area is 137 Å². The van der Waals surface area contributed by atoms with Gasteiger partial charge in [0.2, 0.25) is 11.8 Å². The van der Waals surface area contributed by atoms with Crippen LogP contribution in [-0.4, -0.2) is 30.4 Å². The second-order valence-electron chi connectivity index (χ2n) is 4.28. The van der Waals surface area contributed by atoms with Crippen LogP contribution >= 0.6 is 23.4 Å². The number of thioether (sulfide) groups is 1. The van der Waals surface area contributed by atoms with Gasteiger partial charge in [-0.05, 0) is 18.4 Å². The number of rotatable bonds is 5. The first-order chi connectivity index (χ1) is 10.5. The molecule has 0 spiro atoms. The summed E-state index contributed by atoms with van der Waals surface area (Å²) < 4.78 is 24.0. The Hall–Kier alpha value is -1.73. The summed E-state index contributed by atoms with van der Waals surface area (Å²) in [5.74, 6) is 0.523. The average Bonchev–Trinajstić information content (AvgIpc) is 2.54. The standard InChI is InChI=1S/C14H15ClFN3O2S/c1-20-9-6-10(21-2)19-14(18-9)13(22-3)11-7(15)4-5-8(16)12(11)17/h4-6,13H,17H2,1-3H3. The molecule has 5 nitrogen and oxygen atoms in total. The summed E-state index contributed by atoms with van der Waals surface area (Å²) in [5.41, 5.74) is 6.27. The van der Waals surface area contributed by atoms with Gasteiger partial charge >= 0.3 is 0 Å². The molecule has 0 amide bonds. The summed E-state index contributed by atoms with van der Waals surface area (Å²) in [6.07, 6.45) is 1.83. The third-order valence-corrected chi connectivity index (χ3v) is 4.28. The lowest BCUT2D eigenvalue weighted by Gasteiger charge is -2.18. The molecule has 1 aromatic carbocycles. The zero-order chi connectivity index (χ0) is 16.3. The van der Waals surface area contributed by atoms with Crippen LogP contribution in [0.4, 0.5) is 10.1 Å². The number of ether oxygens (including phenoxy) is 2. The highest BCUT2D eigenvalue weighted by Crippen LogP contribution is 2.41. The zero-order valence-electron chi connectivity index (χ0n) is 12.3. The number of nitrogens with two attached hydrogens (primary N) is 1. The molecule has 1 heterocycles. The van der Waals surface area contributed by atoms with Crippen LogP contribution in [0.25, 0.3) is 0 Å². The van der Waals surface area contributed by atoms with Crippen LogP contribution in [0.15, 0.2) is 18.2 Å². The molecule has 0 aliphatic heterocycles. The van der Waals surface area contributed by atoms with Gasteiger partial charge in [0.25, 0.3) is 0 Å². The van der Waals surface area contributed by atoms with Crippen molar-refractivity contribution >= 4 is 29.1 Å². The van der Waals surface area contributed by atoms with E-state index >= 15 is 0 Å². The van der Waals surface area contributed by atoms with Gasteiger partial charge in [-0.1, -0.05) is 11.6 Å². The second-order valence-corrected chi connectivity index (χ2v) is 5.63. The maximum Gasteiger partial charge on any atom is 0.220 e. The number of nitrogen functional groups attached to an aromatic ring is 1. The van der Waals surface area contributed by atoms with Crippen LogP contribution in [0, 0.1) is 5.82 Å². The van der Waals surface area contributed by atoms with Crippen LogP contribution in [0.1, 0.15) is 16.6 Å². The van der Waals surface area contributed by atoms with Crippen molar-refractivity contribution in [3.05, 3.63) is 40.4 Å². The van der Waals surface area contributed by atoms with Crippen molar-refractivity contribution in [3.63, 3.8) is 0 Å². The molecule has 0 aliphatic carbocycles. The van der Waals surface area contributed by atoms with E-state index in [2.05, 4.69) is 9.97 Å². The number of methoxy groups -OCH3 is 2. The molecule has 0 aliphatic rings. The minimum atomic E-state index is -0.534. The van der Waals surface area contributed by atoms with Gasteiger partial charge in [-0.3, -0.25) is 0 Å². The largest absolute Gasteiger partial charge is 0.481 e. The fraction of sp³-hybridized carbons (Fsp3) is 0.286. The van der Waals surface area contributed by atoms with Crippen LogP contribution < -0.4 is 15.2 Å². The lowest BCUT2D eigenvalue weighted by molar-refractivity contribution is 0.368. The van der Waals surface area contributed by atoms with E-state index in [1.807, 2.05) is 6.26 Å². The molecule has 1 atom stereocenters. The van der Waals surface area contributed by atoms with E-state index in [4.69, 9.17) is 26.8 Å². The van der Waals surface area contributed by atoms with E-state index in [-0.39, 0.29) is 5.69 Å². The molecular weight excluding hydrogens is 329 g/mol. The van der Waals surface area contributed by atoms with Gasteiger partial charge < -0.3 is 15.2 Å². The summed E-state index contributed by atoms with van der Waals surface area (Å²) in [6, 6.07) is 4.24. The number of nitrogens with zero attached hydrogens (tertiary/aromatic N) is 2. The minimum Gasteiger partial charge on any atom is -0.481 e. The molecule has 118 valence electrons. The summed E-state index contributed by atoms with van der Waals surface area (Å²) >= 11 is 7.58. The fourth-order valence-corrected chi connectivity index (χ4v) is 3.09. The number of benzene rings is 1. The molecule has 0 saturated heterocycles. The van der Waals surface area contributed by atoms with Crippen LogP contribution in [0.2, 0.25) is 5.02 Å². The van der Waals surface area contributed by atoms with Crippen molar-refractivity contribution in [2.24, 2.45) is 0 Å². The number of hydrogen-bond donors (Lipinski definition) is 1. The fourth-order valence-electron chi connectivity index (χ4n) is 1.95. The number of aromatic nitrogens is 2. The van der Waals surface area contributed by atoms with Gasteiger partial charge in [0, 0.05) is 10.6 Å². The van der Waals surface area contributed by atoms with Crippen molar-refractivity contribution in [1.29, 1.82) is 0 Å². The SMILES string of the molecule is COc1cc(OC)nc(C(SC)c2c(Cl)ccc(F)c2N)n1. The minimum absolute atomic E-state index is 0.0164. The Bertz CT molecular complexity index is 665. The quantitative estimate of drug-likeness (QED) is 0.840. The van der Waals surface area contributed by atoms with Crippen molar-refractivity contribution in [2.45, 2.75) is 5.25 Å². The summed E-state index contributed by atoms with van der Waals surface area (Å²) in [6.45, 7) is 0. The van der Waals surface area contributed by atoms with E-state index < -0.39 is 11.1 Å². The van der Waals surface area contributed by atoms with Crippen LogP contribution in [0.3, 0.4) is 0 Å². The summed E-state index contributed by atoms with van der Waals surface area (Å²) in [7, 11) is 2.98. The van der Waals surface area contributed by atoms with Crippen LogP contribution in [-0.2, 0) is 0 Å². The van der Waals surface area contributed by atoms with E-state index in [1.165, 1.54) is 38.1 Å². The van der Waals surface area contributed by atoms with Gasteiger partial charge in [0.05, 0.1) is 31.2 Å². The van der Waals surface area contributed by atoms with E-state index in [0.717, 1.165) is 0 Å². The molecule has 22 heavy (non-hydrogen) atoms. The highest BCUT2D eigenvalue weighted by Gasteiger charge is 2.24. The van der Waals surface area contributed by atoms with Gasteiger partial charge in [-0.25, -0.2) is 4.39 Å². The van der Waals surface area contributed by atoms with E-state index in [9.17, 15) is 4.39 Å². The van der Waals surface area contributed by atoms with Crippen LogP contribution in [0.5, 0.6) is 11.8 Å². The third kappa shape index (κ3) is 3.20. The molecule has 2 rings (SSSR count). The van der Waals surface area contributed by atoms with Gasteiger partial charge in [-0.15, -0.1) is 11.8 Å².